The summed E-state index contributed by atoms with van der Waals surface area (Å²) in [4.78, 5) is 14.0. The van der Waals surface area contributed by atoms with Crippen molar-refractivity contribution in [1.82, 2.24) is 0 Å². The number of rotatable bonds is 4. The van der Waals surface area contributed by atoms with Crippen molar-refractivity contribution in [2.75, 3.05) is 18.6 Å². The van der Waals surface area contributed by atoms with Crippen molar-refractivity contribution in [3.05, 3.63) is 23.8 Å². The molecule has 0 bridgehead atoms. The summed E-state index contributed by atoms with van der Waals surface area (Å²) in [5, 5.41) is 0. The lowest BCUT2D eigenvalue weighted by Crippen LogP contribution is -2.45. The molecule has 1 aromatic rings. The second-order valence-corrected chi connectivity index (χ2v) is 5.21. The van der Waals surface area contributed by atoms with Crippen molar-refractivity contribution in [2.45, 2.75) is 32.7 Å². The number of anilines is 1. The molecule has 104 valence electrons. The molecule has 0 unspecified atom stereocenters. The Morgan fingerprint density at radius 1 is 1.47 bits per heavy atom. The van der Waals surface area contributed by atoms with Gasteiger partial charge in [0.1, 0.15) is 5.75 Å². The molecule has 19 heavy (non-hydrogen) atoms. The van der Waals surface area contributed by atoms with Crippen LogP contribution in [0, 0.1) is 12.8 Å². The summed E-state index contributed by atoms with van der Waals surface area (Å²) >= 11 is 0. The van der Waals surface area contributed by atoms with Crippen molar-refractivity contribution in [2.24, 2.45) is 11.7 Å². The number of hydrogen-bond donors (Lipinski definition) is 1. The molecule has 0 aliphatic heterocycles. The molecule has 0 aromatic heterocycles. The lowest BCUT2D eigenvalue weighted by molar-refractivity contribution is -0.124. The Morgan fingerprint density at radius 2 is 2.16 bits per heavy atom. The van der Waals surface area contributed by atoms with Gasteiger partial charge in [0, 0.05) is 24.7 Å². The van der Waals surface area contributed by atoms with Gasteiger partial charge in [0.25, 0.3) is 0 Å². The van der Waals surface area contributed by atoms with E-state index >= 15 is 0 Å². The number of benzene rings is 1. The summed E-state index contributed by atoms with van der Waals surface area (Å²) in [7, 11) is 1.82. The number of aryl methyl sites for hydroxylation is 1. The van der Waals surface area contributed by atoms with Gasteiger partial charge in [-0.25, -0.2) is 0 Å². The largest absolute Gasteiger partial charge is 0.494 e. The molecule has 0 saturated heterocycles. The quantitative estimate of drug-likeness (QED) is 0.904. The average molecular weight is 262 g/mol. The van der Waals surface area contributed by atoms with Crippen molar-refractivity contribution in [3.63, 3.8) is 0 Å². The van der Waals surface area contributed by atoms with Gasteiger partial charge in [0.15, 0.2) is 0 Å². The molecule has 1 aromatic carbocycles. The molecule has 1 fully saturated rings. The fraction of sp³-hybridized carbons (Fsp3) is 0.533. The van der Waals surface area contributed by atoms with Gasteiger partial charge in [0.05, 0.1) is 6.61 Å². The second-order valence-electron chi connectivity index (χ2n) is 5.21. The number of carbonyl (C=O) groups is 1. The number of nitrogens with zero attached hydrogens (tertiary/aromatic N) is 1. The standard InChI is InChI=1S/C15H22N2O2/c1-4-19-14-6-5-13(7-10(14)2)17(3)15(18)11-8-12(16)9-11/h5-7,11-12H,4,8-9,16H2,1-3H3. The van der Waals surface area contributed by atoms with Gasteiger partial charge in [0.2, 0.25) is 5.91 Å². The van der Waals surface area contributed by atoms with E-state index in [4.69, 9.17) is 10.5 Å². The Morgan fingerprint density at radius 3 is 2.68 bits per heavy atom. The van der Waals surface area contributed by atoms with Crippen LogP contribution in [0.4, 0.5) is 5.69 Å². The maximum absolute atomic E-state index is 12.2. The molecule has 1 aliphatic rings. The van der Waals surface area contributed by atoms with Gasteiger partial charge in [-0.05, 0) is 50.5 Å². The molecule has 1 saturated carbocycles. The number of hydrogen-bond acceptors (Lipinski definition) is 3. The van der Waals surface area contributed by atoms with Gasteiger partial charge in [-0.15, -0.1) is 0 Å². The van der Waals surface area contributed by atoms with Gasteiger partial charge in [-0.3, -0.25) is 4.79 Å². The van der Waals surface area contributed by atoms with E-state index in [1.807, 2.05) is 39.1 Å². The van der Waals surface area contributed by atoms with E-state index in [0.29, 0.717) is 6.61 Å². The Bertz CT molecular complexity index is 467. The summed E-state index contributed by atoms with van der Waals surface area (Å²) in [5.41, 5.74) is 7.69. The minimum absolute atomic E-state index is 0.0897. The first-order chi connectivity index (χ1) is 9.02. The fourth-order valence-corrected chi connectivity index (χ4v) is 2.42. The number of nitrogens with two attached hydrogens (primary N) is 1. The molecule has 0 heterocycles. The summed E-state index contributed by atoms with van der Waals surface area (Å²) in [6.45, 7) is 4.60. The fourth-order valence-electron chi connectivity index (χ4n) is 2.42. The highest BCUT2D eigenvalue weighted by molar-refractivity contribution is 5.95. The van der Waals surface area contributed by atoms with Crippen LogP contribution in [0.1, 0.15) is 25.3 Å². The summed E-state index contributed by atoms with van der Waals surface area (Å²) in [6.07, 6.45) is 1.61. The van der Waals surface area contributed by atoms with E-state index < -0.39 is 0 Å². The van der Waals surface area contributed by atoms with Crippen LogP contribution in [-0.4, -0.2) is 25.6 Å². The molecule has 2 N–H and O–H groups in total. The van der Waals surface area contributed by atoms with E-state index in [1.54, 1.807) is 4.90 Å². The first kappa shape index (κ1) is 13.9. The average Bonchev–Trinajstić information content (AvgIpc) is 2.36. The van der Waals surface area contributed by atoms with Crippen molar-refractivity contribution in [1.29, 1.82) is 0 Å². The van der Waals surface area contributed by atoms with E-state index in [-0.39, 0.29) is 17.9 Å². The third-order valence-electron chi connectivity index (χ3n) is 3.70. The van der Waals surface area contributed by atoms with E-state index in [1.165, 1.54) is 0 Å². The van der Waals surface area contributed by atoms with Crippen LogP contribution in [0.15, 0.2) is 18.2 Å². The molecule has 4 heteroatoms. The summed E-state index contributed by atoms with van der Waals surface area (Å²) in [6, 6.07) is 6.03. The summed E-state index contributed by atoms with van der Waals surface area (Å²) in [5.74, 6) is 1.12. The smallest absolute Gasteiger partial charge is 0.229 e. The molecule has 1 aliphatic carbocycles. The lowest BCUT2D eigenvalue weighted by Gasteiger charge is -2.34. The predicted octanol–water partition coefficient (Wildman–Crippen LogP) is 2.09. The minimum atomic E-state index is 0.0897. The second kappa shape index (κ2) is 5.61. The molecule has 4 nitrogen and oxygen atoms in total. The molecular weight excluding hydrogens is 240 g/mol. The van der Waals surface area contributed by atoms with Crippen molar-refractivity contribution >= 4 is 11.6 Å². The van der Waals surface area contributed by atoms with E-state index in [2.05, 4.69) is 0 Å². The Hall–Kier alpha value is -1.55. The highest BCUT2D eigenvalue weighted by Crippen LogP contribution is 2.30. The van der Waals surface area contributed by atoms with Crippen molar-refractivity contribution < 1.29 is 9.53 Å². The zero-order chi connectivity index (χ0) is 14.0. The molecular formula is C15H22N2O2. The molecule has 1 amide bonds. The minimum Gasteiger partial charge on any atom is -0.494 e. The Labute approximate surface area is 114 Å². The zero-order valence-corrected chi connectivity index (χ0v) is 11.8. The molecule has 0 atom stereocenters. The zero-order valence-electron chi connectivity index (χ0n) is 11.8. The van der Waals surface area contributed by atoms with Crippen molar-refractivity contribution in [3.8, 4) is 5.75 Å². The maximum atomic E-state index is 12.2. The lowest BCUT2D eigenvalue weighted by atomic mass is 9.80. The van der Waals surface area contributed by atoms with Crippen LogP contribution in [0.5, 0.6) is 5.75 Å². The first-order valence-corrected chi connectivity index (χ1v) is 6.79. The van der Waals surface area contributed by atoms with Gasteiger partial charge in [-0.1, -0.05) is 0 Å². The molecule has 0 spiro atoms. The Kier molecular flexibility index (Phi) is 4.10. The highest BCUT2D eigenvalue weighted by Gasteiger charge is 2.34. The Balaban J connectivity index is 2.08. The number of ether oxygens (including phenoxy) is 1. The maximum Gasteiger partial charge on any atom is 0.229 e. The van der Waals surface area contributed by atoms with Gasteiger partial charge < -0.3 is 15.4 Å². The van der Waals surface area contributed by atoms with Crippen LogP contribution in [0.3, 0.4) is 0 Å². The highest BCUT2D eigenvalue weighted by atomic mass is 16.5. The van der Waals surface area contributed by atoms with Crippen LogP contribution in [0.25, 0.3) is 0 Å². The number of amides is 1. The van der Waals surface area contributed by atoms with Gasteiger partial charge >= 0.3 is 0 Å². The first-order valence-electron chi connectivity index (χ1n) is 6.79. The number of carbonyl (C=O) groups excluding carboxylic acids is 1. The summed E-state index contributed by atoms with van der Waals surface area (Å²) < 4.78 is 5.51. The third-order valence-corrected chi connectivity index (χ3v) is 3.70. The van der Waals surface area contributed by atoms with Crippen LogP contribution >= 0.6 is 0 Å². The molecule has 2 rings (SSSR count). The normalized spacial score (nSPS) is 21.7. The topological polar surface area (TPSA) is 55.6 Å². The van der Waals surface area contributed by atoms with Crippen LogP contribution in [0.2, 0.25) is 0 Å². The monoisotopic (exact) mass is 262 g/mol. The van der Waals surface area contributed by atoms with E-state index in [0.717, 1.165) is 29.8 Å². The molecule has 0 radical (unpaired) electrons. The van der Waals surface area contributed by atoms with Gasteiger partial charge in [-0.2, -0.15) is 0 Å². The predicted molar refractivity (Wildman–Crippen MR) is 76.5 cm³/mol. The SMILES string of the molecule is CCOc1ccc(N(C)C(=O)C2CC(N)C2)cc1C. The van der Waals surface area contributed by atoms with Crippen LogP contribution < -0.4 is 15.4 Å². The third kappa shape index (κ3) is 2.89. The van der Waals surface area contributed by atoms with Crippen LogP contribution in [-0.2, 0) is 4.79 Å². The van der Waals surface area contributed by atoms with E-state index in [9.17, 15) is 4.79 Å².